The van der Waals surface area contributed by atoms with Crippen LogP contribution < -0.4 is 14.8 Å². The van der Waals surface area contributed by atoms with E-state index in [1.54, 1.807) is 12.4 Å². The summed E-state index contributed by atoms with van der Waals surface area (Å²) in [5.74, 6) is 1.70. The first-order valence-corrected chi connectivity index (χ1v) is 6.44. The Kier molecular flexibility index (Phi) is 3.49. The van der Waals surface area contributed by atoms with Gasteiger partial charge in [0.25, 0.3) is 0 Å². The number of aromatic nitrogens is 1. The molecule has 1 aliphatic heterocycles. The molecule has 0 aliphatic carbocycles. The predicted octanol–water partition coefficient (Wildman–Crippen LogP) is 2.51. The quantitative estimate of drug-likeness (QED) is 0.912. The lowest BCUT2D eigenvalue weighted by Gasteiger charge is -2.19. The average Bonchev–Trinajstić information content (AvgIpc) is 2.48. The van der Waals surface area contributed by atoms with Crippen LogP contribution in [0, 0.1) is 0 Å². The van der Waals surface area contributed by atoms with Gasteiger partial charge in [0.15, 0.2) is 11.5 Å². The van der Waals surface area contributed by atoms with E-state index >= 15 is 0 Å². The van der Waals surface area contributed by atoms with Crippen LogP contribution in [-0.2, 0) is 6.42 Å². The van der Waals surface area contributed by atoms with Gasteiger partial charge in [-0.1, -0.05) is 6.07 Å². The molecule has 0 fully saturated rings. The zero-order valence-corrected chi connectivity index (χ0v) is 10.6. The smallest absolute Gasteiger partial charge is 0.161 e. The molecule has 0 radical (unpaired) electrons. The fraction of sp³-hybridized carbons (Fsp3) is 0.267. The van der Waals surface area contributed by atoms with Gasteiger partial charge in [-0.15, -0.1) is 0 Å². The number of rotatable bonds is 4. The van der Waals surface area contributed by atoms with Crippen LogP contribution in [0.4, 0.5) is 5.69 Å². The molecule has 1 aromatic heterocycles. The molecule has 98 valence electrons. The van der Waals surface area contributed by atoms with Crippen molar-refractivity contribution in [3.8, 4) is 11.5 Å². The summed E-state index contributed by atoms with van der Waals surface area (Å²) in [7, 11) is 0. The Hall–Kier alpha value is -2.23. The van der Waals surface area contributed by atoms with E-state index in [9.17, 15) is 0 Å². The molecule has 3 rings (SSSR count). The lowest BCUT2D eigenvalue weighted by atomic mass is 10.1. The Balaban J connectivity index is 1.58. The highest BCUT2D eigenvalue weighted by molar-refractivity contribution is 5.45. The molecule has 0 saturated heterocycles. The third kappa shape index (κ3) is 2.96. The molecule has 0 spiro atoms. The van der Waals surface area contributed by atoms with Gasteiger partial charge in [0.2, 0.25) is 0 Å². The minimum absolute atomic E-state index is 0.631. The van der Waals surface area contributed by atoms with Crippen molar-refractivity contribution in [1.82, 2.24) is 4.98 Å². The van der Waals surface area contributed by atoms with Gasteiger partial charge in [-0.3, -0.25) is 4.98 Å². The molecule has 2 heterocycles. The third-order valence-corrected chi connectivity index (χ3v) is 3.03. The van der Waals surface area contributed by atoms with Crippen LogP contribution >= 0.6 is 0 Å². The maximum absolute atomic E-state index is 5.58. The van der Waals surface area contributed by atoms with Crippen molar-refractivity contribution in [2.24, 2.45) is 0 Å². The van der Waals surface area contributed by atoms with Crippen LogP contribution in [0.5, 0.6) is 11.5 Å². The number of benzene rings is 1. The van der Waals surface area contributed by atoms with Crippen LogP contribution in [0.15, 0.2) is 42.7 Å². The van der Waals surface area contributed by atoms with Gasteiger partial charge in [0.05, 0.1) is 0 Å². The summed E-state index contributed by atoms with van der Waals surface area (Å²) in [5, 5.41) is 3.36. The second kappa shape index (κ2) is 5.61. The SMILES string of the molecule is c1cc(NCCc2ccc3c(c2)OCCO3)ccn1. The van der Waals surface area contributed by atoms with Gasteiger partial charge in [-0.2, -0.15) is 0 Å². The van der Waals surface area contributed by atoms with Crippen LogP contribution in [0.1, 0.15) is 5.56 Å². The maximum Gasteiger partial charge on any atom is 0.161 e. The molecular formula is C15H16N2O2. The molecular weight excluding hydrogens is 240 g/mol. The highest BCUT2D eigenvalue weighted by atomic mass is 16.6. The predicted molar refractivity (Wildman–Crippen MR) is 73.9 cm³/mol. The second-order valence-electron chi connectivity index (χ2n) is 4.39. The van der Waals surface area contributed by atoms with E-state index < -0.39 is 0 Å². The van der Waals surface area contributed by atoms with Crippen molar-refractivity contribution in [2.45, 2.75) is 6.42 Å². The molecule has 0 atom stereocenters. The Morgan fingerprint density at radius 3 is 2.63 bits per heavy atom. The highest BCUT2D eigenvalue weighted by Crippen LogP contribution is 2.30. The normalized spacial score (nSPS) is 13.1. The minimum atomic E-state index is 0.631. The summed E-state index contributed by atoms with van der Waals surface area (Å²) >= 11 is 0. The Bertz CT molecular complexity index is 543. The van der Waals surface area contributed by atoms with Crippen molar-refractivity contribution in [3.05, 3.63) is 48.3 Å². The van der Waals surface area contributed by atoms with Crippen LogP contribution in [-0.4, -0.2) is 24.7 Å². The van der Waals surface area contributed by atoms with E-state index in [0.29, 0.717) is 13.2 Å². The summed E-state index contributed by atoms with van der Waals surface area (Å²) in [5.41, 5.74) is 2.33. The molecule has 0 bridgehead atoms. The number of ether oxygens (including phenoxy) is 2. The average molecular weight is 256 g/mol. The van der Waals surface area contributed by atoms with E-state index in [1.165, 1.54) is 5.56 Å². The second-order valence-corrected chi connectivity index (χ2v) is 4.39. The van der Waals surface area contributed by atoms with E-state index in [-0.39, 0.29) is 0 Å². The van der Waals surface area contributed by atoms with Crippen LogP contribution in [0.3, 0.4) is 0 Å². The molecule has 19 heavy (non-hydrogen) atoms. The molecule has 0 amide bonds. The molecule has 0 unspecified atom stereocenters. The van der Waals surface area contributed by atoms with Gasteiger partial charge >= 0.3 is 0 Å². The first kappa shape index (κ1) is 11.8. The van der Waals surface area contributed by atoms with Gasteiger partial charge in [-0.25, -0.2) is 0 Å². The molecule has 1 N–H and O–H groups in total. The molecule has 4 heteroatoms. The zero-order valence-electron chi connectivity index (χ0n) is 10.6. The lowest BCUT2D eigenvalue weighted by Crippen LogP contribution is -2.15. The third-order valence-electron chi connectivity index (χ3n) is 3.03. The first-order chi connectivity index (χ1) is 9.42. The van der Waals surface area contributed by atoms with Crippen molar-refractivity contribution >= 4 is 5.69 Å². The van der Waals surface area contributed by atoms with Gasteiger partial charge in [0, 0.05) is 24.6 Å². The number of anilines is 1. The Morgan fingerprint density at radius 1 is 1.00 bits per heavy atom. The summed E-state index contributed by atoms with van der Waals surface area (Å²) in [6.07, 6.45) is 4.51. The van der Waals surface area contributed by atoms with Crippen LogP contribution in [0.2, 0.25) is 0 Å². The largest absolute Gasteiger partial charge is 0.486 e. The lowest BCUT2D eigenvalue weighted by molar-refractivity contribution is 0.171. The molecule has 4 nitrogen and oxygen atoms in total. The molecule has 1 aliphatic rings. The fourth-order valence-electron chi connectivity index (χ4n) is 2.06. The zero-order chi connectivity index (χ0) is 12.9. The van der Waals surface area contributed by atoms with Crippen molar-refractivity contribution < 1.29 is 9.47 Å². The summed E-state index contributed by atoms with van der Waals surface area (Å²) in [4.78, 5) is 3.99. The number of nitrogens with one attached hydrogen (secondary N) is 1. The topological polar surface area (TPSA) is 43.4 Å². The molecule has 1 aromatic carbocycles. The Labute approximate surface area is 112 Å². The molecule has 2 aromatic rings. The van der Waals surface area contributed by atoms with E-state index in [4.69, 9.17) is 9.47 Å². The summed E-state index contributed by atoms with van der Waals surface area (Å²) in [6.45, 7) is 2.14. The van der Waals surface area contributed by atoms with Gasteiger partial charge < -0.3 is 14.8 Å². The maximum atomic E-state index is 5.58. The van der Waals surface area contributed by atoms with E-state index in [2.05, 4.69) is 22.4 Å². The first-order valence-electron chi connectivity index (χ1n) is 6.44. The monoisotopic (exact) mass is 256 g/mol. The van der Waals surface area contributed by atoms with Crippen molar-refractivity contribution in [3.63, 3.8) is 0 Å². The van der Waals surface area contributed by atoms with Crippen molar-refractivity contribution in [1.29, 1.82) is 0 Å². The fourth-order valence-corrected chi connectivity index (χ4v) is 2.06. The molecule has 0 saturated carbocycles. The summed E-state index contributed by atoms with van der Waals surface area (Å²) < 4.78 is 11.1. The van der Waals surface area contributed by atoms with Crippen LogP contribution in [0.25, 0.3) is 0 Å². The highest BCUT2D eigenvalue weighted by Gasteiger charge is 2.11. The number of pyridine rings is 1. The van der Waals surface area contributed by atoms with Crippen molar-refractivity contribution in [2.75, 3.05) is 25.1 Å². The van der Waals surface area contributed by atoms with E-state index in [1.807, 2.05) is 18.2 Å². The number of hydrogen-bond acceptors (Lipinski definition) is 4. The number of nitrogens with zero attached hydrogens (tertiary/aromatic N) is 1. The number of hydrogen-bond donors (Lipinski definition) is 1. The Morgan fingerprint density at radius 2 is 1.79 bits per heavy atom. The van der Waals surface area contributed by atoms with Gasteiger partial charge in [-0.05, 0) is 36.2 Å². The minimum Gasteiger partial charge on any atom is -0.486 e. The van der Waals surface area contributed by atoms with Gasteiger partial charge in [0.1, 0.15) is 13.2 Å². The standard InChI is InChI=1S/C15H16N2O2/c1-2-14-15(19-10-9-18-14)11-12(1)3-8-17-13-4-6-16-7-5-13/h1-2,4-7,11H,3,8-10H2,(H,16,17). The summed E-state index contributed by atoms with van der Waals surface area (Å²) in [6, 6.07) is 10.0. The number of fused-ring (bicyclic) bond motifs is 1. The van der Waals surface area contributed by atoms with E-state index in [0.717, 1.165) is 30.2 Å².